The van der Waals surface area contributed by atoms with E-state index in [1.54, 1.807) is 0 Å². The summed E-state index contributed by atoms with van der Waals surface area (Å²) in [5.41, 5.74) is 3.17. The Balaban J connectivity index is 1.69. The third-order valence-corrected chi connectivity index (χ3v) is 3.91. The summed E-state index contributed by atoms with van der Waals surface area (Å²) in [4.78, 5) is 2.00. The van der Waals surface area contributed by atoms with E-state index in [4.69, 9.17) is 14.9 Å². The predicted octanol–water partition coefficient (Wildman–Crippen LogP) is 3.19. The second kappa shape index (κ2) is 4.81. The Hall–Kier alpha value is -2.49. The van der Waals surface area contributed by atoms with E-state index >= 15 is 0 Å². The van der Waals surface area contributed by atoms with Crippen molar-refractivity contribution in [2.45, 2.75) is 13.0 Å². The molecule has 0 atom stereocenters. The van der Waals surface area contributed by atoms with E-state index < -0.39 is 0 Å². The molecule has 0 amide bonds. The fourth-order valence-corrected chi connectivity index (χ4v) is 2.82. The van der Waals surface area contributed by atoms with Crippen LogP contribution in [0.4, 0.5) is 5.69 Å². The number of nitrogens with zero attached hydrogens (tertiary/aromatic N) is 1. The van der Waals surface area contributed by atoms with Gasteiger partial charge in [0.25, 0.3) is 0 Å². The highest BCUT2D eigenvalue weighted by Crippen LogP contribution is 2.36. The van der Waals surface area contributed by atoms with Gasteiger partial charge in [-0.15, -0.1) is 0 Å². The average Bonchev–Trinajstić information content (AvgIpc) is 2.71. The van der Waals surface area contributed by atoms with Crippen LogP contribution in [-0.2, 0) is 6.54 Å². The second-order valence-corrected chi connectivity index (χ2v) is 5.27. The van der Waals surface area contributed by atoms with E-state index in [9.17, 15) is 0 Å². The van der Waals surface area contributed by atoms with Crippen LogP contribution in [0.25, 0.3) is 0 Å². The Morgan fingerprint density at radius 1 is 0.952 bits per heavy atom. The topological polar surface area (TPSA) is 45.6 Å². The van der Waals surface area contributed by atoms with E-state index in [1.807, 2.05) is 41.3 Å². The molecular weight excluding hydrogens is 264 g/mol. The fraction of sp³-hybridized carbons (Fsp3) is 0.235. The standard InChI is InChI=1S/C17H16N2O2/c18-17-14-5-2-1-4-12(14)11-19(17)13-6-7-15-16(10-13)21-9-3-8-20-15/h1-2,4-7,10,18H,3,8-9,11H2. The van der Waals surface area contributed by atoms with Gasteiger partial charge in [-0.3, -0.25) is 5.41 Å². The van der Waals surface area contributed by atoms with Crippen LogP contribution in [0.2, 0.25) is 0 Å². The summed E-state index contributed by atoms with van der Waals surface area (Å²) >= 11 is 0. The molecule has 0 fully saturated rings. The fourth-order valence-electron chi connectivity index (χ4n) is 2.82. The van der Waals surface area contributed by atoms with Crippen molar-refractivity contribution in [1.29, 1.82) is 5.41 Å². The van der Waals surface area contributed by atoms with Gasteiger partial charge < -0.3 is 14.4 Å². The van der Waals surface area contributed by atoms with Crippen LogP contribution in [0.1, 0.15) is 17.5 Å². The van der Waals surface area contributed by atoms with E-state index in [-0.39, 0.29) is 0 Å². The molecular formula is C17H16N2O2. The first kappa shape index (κ1) is 12.3. The summed E-state index contributed by atoms with van der Waals surface area (Å²) in [7, 11) is 0. The molecule has 4 heteroatoms. The number of hydrogen-bond acceptors (Lipinski definition) is 3. The van der Waals surface area contributed by atoms with Crippen LogP contribution in [0.3, 0.4) is 0 Å². The van der Waals surface area contributed by atoms with E-state index in [0.717, 1.165) is 35.7 Å². The maximum atomic E-state index is 8.36. The predicted molar refractivity (Wildman–Crippen MR) is 81.5 cm³/mol. The third-order valence-electron chi connectivity index (χ3n) is 3.91. The normalized spacial score (nSPS) is 16.6. The molecule has 0 aliphatic carbocycles. The van der Waals surface area contributed by atoms with Gasteiger partial charge in [0.1, 0.15) is 5.84 Å². The molecule has 0 saturated carbocycles. The number of rotatable bonds is 1. The van der Waals surface area contributed by atoms with Gasteiger partial charge in [0, 0.05) is 23.7 Å². The van der Waals surface area contributed by atoms with Gasteiger partial charge in [-0.25, -0.2) is 0 Å². The molecule has 4 rings (SSSR count). The molecule has 0 radical (unpaired) electrons. The molecule has 106 valence electrons. The number of fused-ring (bicyclic) bond motifs is 2. The average molecular weight is 280 g/mol. The number of benzene rings is 2. The highest BCUT2D eigenvalue weighted by molar-refractivity contribution is 6.11. The van der Waals surface area contributed by atoms with Crippen LogP contribution in [-0.4, -0.2) is 19.0 Å². The quantitative estimate of drug-likeness (QED) is 0.872. The zero-order chi connectivity index (χ0) is 14.2. The Bertz CT molecular complexity index is 712. The molecule has 21 heavy (non-hydrogen) atoms. The minimum absolute atomic E-state index is 0.542. The summed E-state index contributed by atoms with van der Waals surface area (Å²) in [6, 6.07) is 14.0. The molecule has 2 heterocycles. The van der Waals surface area contributed by atoms with Crippen LogP contribution in [0, 0.1) is 5.41 Å². The van der Waals surface area contributed by atoms with Crippen LogP contribution >= 0.6 is 0 Å². The molecule has 0 spiro atoms. The van der Waals surface area contributed by atoms with Gasteiger partial charge in [0.05, 0.1) is 19.8 Å². The first-order chi connectivity index (χ1) is 10.3. The molecule has 2 aliphatic rings. The Morgan fingerprint density at radius 2 is 1.76 bits per heavy atom. The van der Waals surface area contributed by atoms with Gasteiger partial charge in [-0.2, -0.15) is 0 Å². The lowest BCUT2D eigenvalue weighted by molar-refractivity contribution is 0.297. The molecule has 2 aliphatic heterocycles. The number of amidine groups is 1. The lowest BCUT2D eigenvalue weighted by Crippen LogP contribution is -2.23. The van der Waals surface area contributed by atoms with Crippen molar-refractivity contribution in [3.63, 3.8) is 0 Å². The molecule has 0 bridgehead atoms. The Morgan fingerprint density at radius 3 is 2.62 bits per heavy atom. The van der Waals surface area contributed by atoms with E-state index in [1.165, 1.54) is 5.56 Å². The van der Waals surface area contributed by atoms with E-state index in [2.05, 4.69) is 6.07 Å². The van der Waals surface area contributed by atoms with Gasteiger partial charge >= 0.3 is 0 Å². The van der Waals surface area contributed by atoms with Gasteiger partial charge in [-0.05, 0) is 17.7 Å². The first-order valence-corrected chi connectivity index (χ1v) is 7.17. The maximum absolute atomic E-state index is 8.36. The minimum Gasteiger partial charge on any atom is -0.490 e. The van der Waals surface area contributed by atoms with Gasteiger partial charge in [0.2, 0.25) is 0 Å². The van der Waals surface area contributed by atoms with Crippen molar-refractivity contribution >= 4 is 11.5 Å². The van der Waals surface area contributed by atoms with Gasteiger partial charge in [0.15, 0.2) is 11.5 Å². The lowest BCUT2D eigenvalue weighted by atomic mass is 10.1. The van der Waals surface area contributed by atoms with Crippen molar-refractivity contribution in [2.75, 3.05) is 18.1 Å². The molecule has 2 aromatic carbocycles. The Labute approximate surface area is 123 Å². The number of ether oxygens (including phenoxy) is 2. The van der Waals surface area contributed by atoms with Crippen molar-refractivity contribution in [2.24, 2.45) is 0 Å². The summed E-state index contributed by atoms with van der Waals surface area (Å²) in [6.45, 7) is 2.10. The monoisotopic (exact) mass is 280 g/mol. The van der Waals surface area contributed by atoms with Gasteiger partial charge in [-0.1, -0.05) is 24.3 Å². The number of hydrogen-bond donors (Lipinski definition) is 1. The molecule has 0 saturated heterocycles. The largest absolute Gasteiger partial charge is 0.490 e. The highest BCUT2D eigenvalue weighted by Gasteiger charge is 2.25. The highest BCUT2D eigenvalue weighted by atomic mass is 16.5. The van der Waals surface area contributed by atoms with Crippen molar-refractivity contribution in [3.05, 3.63) is 53.6 Å². The number of anilines is 1. The maximum Gasteiger partial charge on any atom is 0.163 e. The van der Waals surface area contributed by atoms with Crippen molar-refractivity contribution < 1.29 is 9.47 Å². The third kappa shape index (κ3) is 2.03. The number of nitrogens with one attached hydrogen (secondary N) is 1. The first-order valence-electron chi connectivity index (χ1n) is 7.17. The van der Waals surface area contributed by atoms with Crippen LogP contribution in [0.15, 0.2) is 42.5 Å². The summed E-state index contributed by atoms with van der Waals surface area (Å²) in [6.07, 6.45) is 0.898. The van der Waals surface area contributed by atoms with Crippen LogP contribution < -0.4 is 14.4 Å². The molecule has 0 unspecified atom stereocenters. The van der Waals surface area contributed by atoms with Crippen molar-refractivity contribution in [1.82, 2.24) is 0 Å². The summed E-state index contributed by atoms with van der Waals surface area (Å²) in [5.74, 6) is 2.10. The van der Waals surface area contributed by atoms with Crippen molar-refractivity contribution in [3.8, 4) is 11.5 Å². The molecule has 2 aromatic rings. The zero-order valence-electron chi connectivity index (χ0n) is 11.6. The lowest BCUT2D eigenvalue weighted by Gasteiger charge is -2.19. The summed E-state index contributed by atoms with van der Waals surface area (Å²) < 4.78 is 11.4. The van der Waals surface area contributed by atoms with Crippen LogP contribution in [0.5, 0.6) is 11.5 Å². The molecule has 0 aromatic heterocycles. The second-order valence-electron chi connectivity index (χ2n) is 5.27. The smallest absolute Gasteiger partial charge is 0.163 e. The summed E-state index contributed by atoms with van der Waals surface area (Å²) in [5, 5.41) is 8.36. The zero-order valence-corrected chi connectivity index (χ0v) is 11.6. The SMILES string of the molecule is N=C1c2ccccc2CN1c1ccc2c(c1)OCCCO2. The Kier molecular flexibility index (Phi) is 2.81. The van der Waals surface area contributed by atoms with E-state index in [0.29, 0.717) is 19.0 Å². The molecule has 4 nitrogen and oxygen atoms in total. The molecule has 1 N–H and O–H groups in total. The minimum atomic E-state index is 0.542.